The van der Waals surface area contributed by atoms with E-state index in [4.69, 9.17) is 0 Å². The van der Waals surface area contributed by atoms with E-state index in [1.54, 1.807) is 0 Å². The lowest BCUT2D eigenvalue weighted by Gasteiger charge is -2.27. The van der Waals surface area contributed by atoms with E-state index in [1.165, 1.54) is 38.3 Å². The van der Waals surface area contributed by atoms with Crippen LogP contribution in [-0.2, 0) is 6.54 Å². The van der Waals surface area contributed by atoms with E-state index in [9.17, 15) is 4.39 Å². The molecule has 2 fully saturated rings. The topological polar surface area (TPSA) is 94.7 Å². The predicted molar refractivity (Wildman–Crippen MR) is 139 cm³/mol. The molecule has 186 valence electrons. The summed E-state index contributed by atoms with van der Waals surface area (Å²) >= 11 is 0. The first-order valence-corrected chi connectivity index (χ1v) is 12.9. The summed E-state index contributed by atoms with van der Waals surface area (Å²) in [6, 6.07) is 9.77. The van der Waals surface area contributed by atoms with Crippen LogP contribution in [0.15, 0.2) is 42.7 Å². The van der Waals surface area contributed by atoms with Gasteiger partial charge in [-0.05, 0) is 36.6 Å². The Labute approximate surface area is 209 Å². The van der Waals surface area contributed by atoms with Crippen LogP contribution in [0, 0.1) is 5.82 Å². The molecule has 1 saturated carbocycles. The van der Waals surface area contributed by atoms with E-state index in [0.29, 0.717) is 23.2 Å². The number of rotatable bonds is 6. The minimum atomic E-state index is -0.457. The van der Waals surface area contributed by atoms with Gasteiger partial charge in [-0.2, -0.15) is 5.10 Å². The van der Waals surface area contributed by atoms with Crippen LogP contribution >= 0.6 is 0 Å². The minimum Gasteiger partial charge on any atom is -0.314 e. The number of nitrogens with one attached hydrogen (secondary N) is 3. The smallest absolute Gasteiger partial charge is 0.229 e. The fourth-order valence-electron chi connectivity index (χ4n) is 5.34. The van der Waals surface area contributed by atoms with Gasteiger partial charge in [0.05, 0.1) is 11.7 Å². The van der Waals surface area contributed by atoms with Gasteiger partial charge < -0.3 is 10.6 Å². The fourth-order valence-corrected chi connectivity index (χ4v) is 5.34. The van der Waals surface area contributed by atoms with Gasteiger partial charge in [0.2, 0.25) is 5.95 Å². The van der Waals surface area contributed by atoms with Crippen molar-refractivity contribution in [2.24, 2.45) is 0 Å². The van der Waals surface area contributed by atoms with Gasteiger partial charge in [-0.25, -0.2) is 19.3 Å². The summed E-state index contributed by atoms with van der Waals surface area (Å²) in [5.74, 6) is 0.962. The maximum atomic E-state index is 14.8. The molecule has 0 atom stereocenters. The molecule has 1 aromatic carbocycles. The Hall–Kier alpha value is -3.43. The van der Waals surface area contributed by atoms with E-state index in [0.717, 1.165) is 54.9 Å². The van der Waals surface area contributed by atoms with Crippen LogP contribution in [0.4, 0.5) is 16.2 Å². The van der Waals surface area contributed by atoms with Crippen molar-refractivity contribution in [1.82, 2.24) is 35.4 Å². The number of hydrogen-bond acceptors (Lipinski definition) is 7. The number of piperazine rings is 1. The number of fused-ring (bicyclic) bond motifs is 1. The van der Waals surface area contributed by atoms with E-state index in [-0.39, 0.29) is 5.69 Å². The molecule has 0 bridgehead atoms. The number of pyridine rings is 1. The Morgan fingerprint density at radius 1 is 1.00 bits per heavy atom. The molecule has 2 aliphatic rings. The molecule has 6 rings (SSSR count). The molecule has 9 heteroatoms. The number of halogens is 1. The van der Waals surface area contributed by atoms with Crippen LogP contribution in [-0.4, -0.2) is 56.2 Å². The van der Waals surface area contributed by atoms with Crippen molar-refractivity contribution in [1.29, 1.82) is 0 Å². The van der Waals surface area contributed by atoms with Crippen LogP contribution in [0.25, 0.3) is 22.2 Å². The summed E-state index contributed by atoms with van der Waals surface area (Å²) in [6.45, 7) is 5.00. The molecule has 0 amide bonds. The number of hydrogen-bond donors (Lipinski definition) is 3. The van der Waals surface area contributed by atoms with Crippen LogP contribution in [0.3, 0.4) is 0 Å². The lowest BCUT2D eigenvalue weighted by atomic mass is 9.85. The molecule has 1 aliphatic heterocycles. The molecule has 0 spiro atoms. The van der Waals surface area contributed by atoms with Crippen molar-refractivity contribution in [2.75, 3.05) is 31.5 Å². The summed E-state index contributed by atoms with van der Waals surface area (Å²) < 4.78 is 14.8. The standard InChI is InChI=1S/C27H31FN8/c28-22-16-31-27(32-24-9-6-18(15-30-24)17-36-12-10-29-11-13-36)33-26(22)20-7-8-23-21(14-20)25(35-34-23)19-4-2-1-3-5-19/h6-9,14-16,19,29H,1-5,10-13,17H2,(H,34,35)(H,30,31,32,33). The van der Waals surface area contributed by atoms with E-state index in [2.05, 4.69) is 46.7 Å². The Kier molecular flexibility index (Phi) is 6.57. The van der Waals surface area contributed by atoms with Crippen molar-refractivity contribution < 1.29 is 4.39 Å². The molecule has 36 heavy (non-hydrogen) atoms. The van der Waals surface area contributed by atoms with E-state index >= 15 is 0 Å². The molecule has 4 heterocycles. The predicted octanol–water partition coefficient (Wildman–Crippen LogP) is 4.75. The highest BCUT2D eigenvalue weighted by atomic mass is 19.1. The van der Waals surface area contributed by atoms with Crippen molar-refractivity contribution in [3.05, 3.63) is 59.8 Å². The highest BCUT2D eigenvalue weighted by molar-refractivity contribution is 5.86. The maximum absolute atomic E-state index is 14.8. The van der Waals surface area contributed by atoms with Crippen molar-refractivity contribution in [3.8, 4) is 11.3 Å². The second-order valence-electron chi connectivity index (χ2n) is 9.80. The SMILES string of the molecule is Fc1cnc(Nc2ccc(CN3CCNCC3)cn2)nc1-c1ccc2n[nH]c(C3CCCCC3)c2c1. The minimum absolute atomic E-state index is 0.264. The van der Waals surface area contributed by atoms with Crippen LogP contribution in [0.5, 0.6) is 0 Å². The third kappa shape index (κ3) is 4.94. The first kappa shape index (κ1) is 23.0. The quantitative estimate of drug-likeness (QED) is 0.362. The van der Waals surface area contributed by atoms with Crippen LogP contribution in [0.1, 0.15) is 49.3 Å². The zero-order chi connectivity index (χ0) is 24.3. The first-order valence-electron chi connectivity index (χ1n) is 12.9. The van der Waals surface area contributed by atoms with Gasteiger partial charge >= 0.3 is 0 Å². The molecule has 1 aliphatic carbocycles. The van der Waals surface area contributed by atoms with Crippen LogP contribution < -0.4 is 10.6 Å². The highest BCUT2D eigenvalue weighted by Gasteiger charge is 2.21. The van der Waals surface area contributed by atoms with Crippen molar-refractivity contribution in [3.63, 3.8) is 0 Å². The molecular formula is C27H31FN8. The third-order valence-electron chi connectivity index (χ3n) is 7.29. The molecule has 0 unspecified atom stereocenters. The van der Waals surface area contributed by atoms with Gasteiger partial charge in [-0.3, -0.25) is 10.00 Å². The second kappa shape index (κ2) is 10.3. The lowest BCUT2D eigenvalue weighted by Crippen LogP contribution is -2.42. The third-order valence-corrected chi connectivity index (χ3v) is 7.29. The van der Waals surface area contributed by atoms with Gasteiger partial charge in [-0.15, -0.1) is 0 Å². The number of benzene rings is 1. The number of aromatic amines is 1. The van der Waals surface area contributed by atoms with Crippen LogP contribution in [0.2, 0.25) is 0 Å². The highest BCUT2D eigenvalue weighted by Crippen LogP contribution is 2.36. The van der Waals surface area contributed by atoms with Gasteiger partial charge in [0, 0.05) is 61.5 Å². The number of nitrogens with zero attached hydrogens (tertiary/aromatic N) is 5. The zero-order valence-corrected chi connectivity index (χ0v) is 20.3. The monoisotopic (exact) mass is 486 g/mol. The number of aromatic nitrogens is 5. The average Bonchev–Trinajstić information content (AvgIpc) is 3.35. The summed E-state index contributed by atoms with van der Waals surface area (Å²) in [5.41, 5.74) is 4.19. The Balaban J connectivity index is 1.21. The molecular weight excluding hydrogens is 455 g/mol. The number of H-pyrrole nitrogens is 1. The summed E-state index contributed by atoms with van der Waals surface area (Å²) in [7, 11) is 0. The van der Waals surface area contributed by atoms with E-state index < -0.39 is 5.82 Å². The Bertz CT molecular complexity index is 1320. The van der Waals surface area contributed by atoms with Gasteiger partial charge in [0.15, 0.2) is 5.82 Å². The summed E-state index contributed by atoms with van der Waals surface area (Å²) in [6.07, 6.45) is 9.19. The van der Waals surface area contributed by atoms with Crippen molar-refractivity contribution >= 4 is 22.7 Å². The fraction of sp³-hybridized carbons (Fsp3) is 0.407. The summed E-state index contributed by atoms with van der Waals surface area (Å²) in [4.78, 5) is 15.6. The molecule has 8 nitrogen and oxygen atoms in total. The molecule has 3 aromatic heterocycles. The second-order valence-corrected chi connectivity index (χ2v) is 9.80. The largest absolute Gasteiger partial charge is 0.314 e. The lowest BCUT2D eigenvalue weighted by molar-refractivity contribution is 0.233. The molecule has 4 aromatic rings. The maximum Gasteiger partial charge on any atom is 0.229 e. The zero-order valence-electron chi connectivity index (χ0n) is 20.3. The van der Waals surface area contributed by atoms with Crippen molar-refractivity contribution in [2.45, 2.75) is 44.6 Å². The van der Waals surface area contributed by atoms with Gasteiger partial charge in [-0.1, -0.05) is 31.4 Å². The summed E-state index contributed by atoms with van der Waals surface area (Å²) in [5, 5.41) is 15.3. The molecule has 3 N–H and O–H groups in total. The molecule has 0 radical (unpaired) electrons. The first-order chi connectivity index (χ1) is 17.7. The normalized spacial score (nSPS) is 17.5. The Morgan fingerprint density at radius 3 is 2.67 bits per heavy atom. The number of anilines is 2. The Morgan fingerprint density at radius 2 is 1.86 bits per heavy atom. The van der Waals surface area contributed by atoms with E-state index in [1.807, 2.05) is 30.5 Å². The van der Waals surface area contributed by atoms with Gasteiger partial charge in [0.25, 0.3) is 0 Å². The molecule has 1 saturated heterocycles. The average molecular weight is 487 g/mol. The van der Waals surface area contributed by atoms with Gasteiger partial charge in [0.1, 0.15) is 11.5 Å².